The fourth-order valence-corrected chi connectivity index (χ4v) is 2.48. The second kappa shape index (κ2) is 9.86. The molecule has 0 fully saturated rings. The molecule has 1 unspecified atom stereocenters. The van der Waals surface area contributed by atoms with Crippen molar-refractivity contribution in [3.63, 3.8) is 0 Å². The zero-order chi connectivity index (χ0) is 13.1. The topological polar surface area (TPSA) is 46.2 Å². The number of unbranched alkanes of at least 4 members (excludes halogenated alkanes) is 2. The van der Waals surface area contributed by atoms with Crippen molar-refractivity contribution in [2.75, 3.05) is 32.7 Å². The van der Waals surface area contributed by atoms with E-state index in [2.05, 4.69) is 20.8 Å². The third-order valence-corrected chi connectivity index (χ3v) is 3.92. The number of rotatable bonds is 11. The maximum atomic E-state index is 10.1. The molecule has 0 amide bonds. The van der Waals surface area contributed by atoms with Gasteiger partial charge in [0.2, 0.25) is 0 Å². The predicted molar refractivity (Wildman–Crippen MR) is 74.9 cm³/mol. The maximum Gasteiger partial charge on any atom is 0.105 e. The van der Waals surface area contributed by atoms with Crippen molar-refractivity contribution < 1.29 is 9.59 Å². The average Bonchev–Trinajstić information content (AvgIpc) is 2.35. The minimum absolute atomic E-state index is 0.140. The number of quaternary nitrogens is 1. The molecule has 0 heterocycles. The molecule has 0 aliphatic carbocycles. The number of nitrogens with two attached hydrogens (primary N) is 1. The monoisotopic (exact) mass is 245 g/mol. The number of aliphatic hydroxyl groups is 1. The third-order valence-electron chi connectivity index (χ3n) is 3.92. The molecule has 0 saturated carbocycles. The summed E-state index contributed by atoms with van der Waals surface area (Å²) in [5.41, 5.74) is 5.60. The molecule has 0 bridgehead atoms. The van der Waals surface area contributed by atoms with E-state index < -0.39 is 0 Å². The predicted octanol–water partition coefficient (Wildman–Crippen LogP) is 2.13. The summed E-state index contributed by atoms with van der Waals surface area (Å²) >= 11 is 0. The largest absolute Gasteiger partial charge is 0.387 e. The van der Waals surface area contributed by atoms with Gasteiger partial charge in [0.05, 0.1) is 19.6 Å². The summed E-state index contributed by atoms with van der Waals surface area (Å²) in [4.78, 5) is 0. The highest BCUT2D eigenvalue weighted by atomic mass is 16.3. The van der Waals surface area contributed by atoms with Gasteiger partial charge in [-0.3, -0.25) is 0 Å². The van der Waals surface area contributed by atoms with Gasteiger partial charge in [0.1, 0.15) is 12.6 Å². The SMILES string of the molecule is CCCCCC(O)C[N+](CC)(CC)CCCN. The van der Waals surface area contributed by atoms with Crippen LogP contribution in [0, 0.1) is 0 Å². The maximum absolute atomic E-state index is 10.1. The van der Waals surface area contributed by atoms with E-state index in [1.54, 1.807) is 0 Å². The molecule has 0 aliphatic rings. The molecule has 3 heteroatoms. The fraction of sp³-hybridized carbons (Fsp3) is 1.00. The van der Waals surface area contributed by atoms with Crippen LogP contribution in [0.5, 0.6) is 0 Å². The van der Waals surface area contributed by atoms with Gasteiger partial charge >= 0.3 is 0 Å². The van der Waals surface area contributed by atoms with Gasteiger partial charge in [0.15, 0.2) is 0 Å². The third kappa shape index (κ3) is 7.02. The van der Waals surface area contributed by atoms with E-state index in [4.69, 9.17) is 5.73 Å². The molecular weight excluding hydrogens is 212 g/mol. The lowest BCUT2D eigenvalue weighted by Crippen LogP contribution is -2.53. The lowest BCUT2D eigenvalue weighted by molar-refractivity contribution is -0.927. The van der Waals surface area contributed by atoms with Gasteiger partial charge in [0.25, 0.3) is 0 Å². The van der Waals surface area contributed by atoms with Crippen LogP contribution < -0.4 is 5.73 Å². The summed E-state index contributed by atoms with van der Waals surface area (Å²) in [6.45, 7) is 11.6. The molecular formula is C14H33N2O+. The van der Waals surface area contributed by atoms with Crippen LogP contribution in [0.3, 0.4) is 0 Å². The molecule has 3 nitrogen and oxygen atoms in total. The van der Waals surface area contributed by atoms with Crippen LogP contribution in [-0.4, -0.2) is 48.4 Å². The molecule has 0 aliphatic heterocycles. The fourth-order valence-electron chi connectivity index (χ4n) is 2.48. The normalized spacial score (nSPS) is 13.9. The lowest BCUT2D eigenvalue weighted by atomic mass is 10.1. The molecule has 0 radical (unpaired) electrons. The van der Waals surface area contributed by atoms with Gasteiger partial charge in [-0.15, -0.1) is 0 Å². The van der Waals surface area contributed by atoms with Crippen LogP contribution in [-0.2, 0) is 0 Å². The Morgan fingerprint density at radius 3 is 2.18 bits per heavy atom. The quantitative estimate of drug-likeness (QED) is 0.433. The van der Waals surface area contributed by atoms with E-state index in [1.807, 2.05) is 0 Å². The second-order valence-electron chi connectivity index (χ2n) is 5.17. The molecule has 17 heavy (non-hydrogen) atoms. The highest BCUT2D eigenvalue weighted by Crippen LogP contribution is 2.13. The van der Waals surface area contributed by atoms with Gasteiger partial charge < -0.3 is 15.3 Å². The van der Waals surface area contributed by atoms with Crippen LogP contribution in [0.2, 0.25) is 0 Å². The number of aliphatic hydroxyl groups excluding tert-OH is 1. The Morgan fingerprint density at radius 1 is 1.06 bits per heavy atom. The van der Waals surface area contributed by atoms with Gasteiger partial charge in [-0.25, -0.2) is 0 Å². The highest BCUT2D eigenvalue weighted by Gasteiger charge is 2.25. The van der Waals surface area contributed by atoms with Crippen LogP contribution in [0.15, 0.2) is 0 Å². The minimum Gasteiger partial charge on any atom is -0.387 e. The summed E-state index contributed by atoms with van der Waals surface area (Å²) in [5.74, 6) is 0. The molecule has 0 aromatic rings. The van der Waals surface area contributed by atoms with Gasteiger partial charge in [-0.05, 0) is 26.8 Å². The molecule has 1 atom stereocenters. The molecule has 0 saturated heterocycles. The second-order valence-corrected chi connectivity index (χ2v) is 5.17. The summed E-state index contributed by atoms with van der Waals surface area (Å²) in [6.07, 6.45) is 5.49. The zero-order valence-electron chi connectivity index (χ0n) is 12.1. The first-order chi connectivity index (χ1) is 8.14. The van der Waals surface area contributed by atoms with Gasteiger partial charge in [0, 0.05) is 6.42 Å². The number of likely N-dealkylation sites (N-methyl/N-ethyl adjacent to an activating group) is 1. The Kier molecular flexibility index (Phi) is 9.79. The van der Waals surface area contributed by atoms with Crippen molar-refractivity contribution in [2.24, 2.45) is 5.73 Å². The van der Waals surface area contributed by atoms with Gasteiger partial charge in [-0.2, -0.15) is 0 Å². The molecule has 0 spiro atoms. The van der Waals surface area contributed by atoms with E-state index in [-0.39, 0.29) is 6.10 Å². The first-order valence-electron chi connectivity index (χ1n) is 7.37. The van der Waals surface area contributed by atoms with Crippen LogP contribution in [0.25, 0.3) is 0 Å². The molecule has 0 rings (SSSR count). The molecule has 3 N–H and O–H groups in total. The minimum atomic E-state index is -0.140. The average molecular weight is 245 g/mol. The number of hydrogen-bond acceptors (Lipinski definition) is 2. The first kappa shape index (κ1) is 16.9. The Balaban J connectivity index is 4.12. The van der Waals surface area contributed by atoms with Crippen LogP contribution in [0.1, 0.15) is 52.9 Å². The first-order valence-corrected chi connectivity index (χ1v) is 7.37. The standard InChI is InChI=1S/C14H33N2O/c1-4-7-8-10-14(17)13-16(5-2,6-3)12-9-11-15/h14,17H,4-13,15H2,1-3H3/q+1. The van der Waals surface area contributed by atoms with E-state index >= 15 is 0 Å². The molecule has 0 aromatic heterocycles. The van der Waals surface area contributed by atoms with Crippen molar-refractivity contribution in [3.05, 3.63) is 0 Å². The van der Waals surface area contributed by atoms with E-state index in [1.165, 1.54) is 12.8 Å². The van der Waals surface area contributed by atoms with Crippen molar-refractivity contribution in [1.82, 2.24) is 0 Å². The van der Waals surface area contributed by atoms with Crippen LogP contribution >= 0.6 is 0 Å². The zero-order valence-corrected chi connectivity index (χ0v) is 12.1. The van der Waals surface area contributed by atoms with E-state index in [0.717, 1.165) is 56.5 Å². The Bertz CT molecular complexity index is 170. The molecule has 104 valence electrons. The number of nitrogens with zero attached hydrogens (tertiary/aromatic N) is 1. The summed E-state index contributed by atoms with van der Waals surface area (Å²) < 4.78 is 1.02. The Morgan fingerprint density at radius 2 is 1.71 bits per heavy atom. The van der Waals surface area contributed by atoms with Crippen molar-refractivity contribution in [3.8, 4) is 0 Å². The Labute approximate surface area is 108 Å². The number of hydrogen-bond donors (Lipinski definition) is 2. The smallest absolute Gasteiger partial charge is 0.105 e. The van der Waals surface area contributed by atoms with Crippen molar-refractivity contribution in [2.45, 2.75) is 59.0 Å². The highest BCUT2D eigenvalue weighted by molar-refractivity contribution is 4.57. The molecule has 0 aromatic carbocycles. The summed E-state index contributed by atoms with van der Waals surface area (Å²) in [5, 5.41) is 10.1. The summed E-state index contributed by atoms with van der Waals surface area (Å²) in [6, 6.07) is 0. The van der Waals surface area contributed by atoms with Crippen LogP contribution in [0.4, 0.5) is 0 Å². The van der Waals surface area contributed by atoms with Gasteiger partial charge in [-0.1, -0.05) is 26.2 Å². The van der Waals surface area contributed by atoms with E-state index in [9.17, 15) is 5.11 Å². The lowest BCUT2D eigenvalue weighted by Gasteiger charge is -2.38. The van der Waals surface area contributed by atoms with E-state index in [0.29, 0.717) is 0 Å². The summed E-state index contributed by atoms with van der Waals surface area (Å²) in [7, 11) is 0. The Hall–Kier alpha value is -0.120. The van der Waals surface area contributed by atoms with Crippen molar-refractivity contribution in [1.29, 1.82) is 0 Å². The van der Waals surface area contributed by atoms with Crippen molar-refractivity contribution >= 4 is 0 Å².